The molecular formula is C11H22N2O3S2. The Labute approximate surface area is 113 Å². The maximum absolute atomic E-state index is 12.2. The largest absolute Gasteiger partial charge is 0.338 e. The number of likely N-dealkylation sites (N-methyl/N-ethyl adjacent to an activating group) is 1. The van der Waals surface area contributed by atoms with E-state index in [1.807, 2.05) is 13.2 Å². The molecule has 1 heterocycles. The Kier molecular flexibility index (Phi) is 5.94. The van der Waals surface area contributed by atoms with Crippen molar-refractivity contribution in [2.24, 2.45) is 5.73 Å². The number of nitrogens with zero attached hydrogens (tertiary/aromatic N) is 1. The van der Waals surface area contributed by atoms with Gasteiger partial charge in [0.15, 0.2) is 9.84 Å². The van der Waals surface area contributed by atoms with Crippen molar-refractivity contribution in [3.63, 3.8) is 0 Å². The highest BCUT2D eigenvalue weighted by atomic mass is 32.2. The number of carbonyl (C=O) groups excluding carboxylic acids is 1. The molecule has 1 unspecified atom stereocenters. The highest BCUT2D eigenvalue weighted by Crippen LogP contribution is 2.18. The van der Waals surface area contributed by atoms with Crippen LogP contribution in [0, 0.1) is 0 Å². The van der Waals surface area contributed by atoms with Crippen molar-refractivity contribution in [1.29, 1.82) is 0 Å². The second-order valence-electron chi connectivity index (χ2n) is 4.57. The van der Waals surface area contributed by atoms with Crippen LogP contribution in [0.5, 0.6) is 0 Å². The van der Waals surface area contributed by atoms with Crippen LogP contribution in [-0.2, 0) is 14.6 Å². The molecule has 0 aromatic rings. The molecule has 1 fully saturated rings. The van der Waals surface area contributed by atoms with Gasteiger partial charge in [0.05, 0.1) is 17.5 Å². The zero-order valence-corrected chi connectivity index (χ0v) is 12.6. The molecule has 106 valence electrons. The van der Waals surface area contributed by atoms with E-state index in [0.717, 1.165) is 5.75 Å². The first kappa shape index (κ1) is 15.8. The second kappa shape index (κ2) is 6.77. The van der Waals surface area contributed by atoms with Crippen LogP contribution in [0.2, 0.25) is 0 Å². The van der Waals surface area contributed by atoms with Crippen LogP contribution in [0.15, 0.2) is 0 Å². The minimum absolute atomic E-state index is 0.0851. The molecule has 1 rings (SSSR count). The molecule has 1 amide bonds. The van der Waals surface area contributed by atoms with Gasteiger partial charge in [-0.15, -0.1) is 0 Å². The number of rotatable bonds is 6. The number of nitrogens with two attached hydrogens (primary N) is 1. The minimum atomic E-state index is -2.97. The third kappa shape index (κ3) is 4.13. The summed E-state index contributed by atoms with van der Waals surface area (Å²) in [5, 5.41) is 0. The summed E-state index contributed by atoms with van der Waals surface area (Å²) in [5.74, 6) is 0.991. The maximum atomic E-state index is 12.2. The van der Waals surface area contributed by atoms with Crippen LogP contribution in [-0.4, -0.2) is 61.4 Å². The van der Waals surface area contributed by atoms with Crippen molar-refractivity contribution in [3.05, 3.63) is 0 Å². The molecule has 1 aliphatic rings. The highest BCUT2D eigenvalue weighted by molar-refractivity contribution is 7.98. The lowest BCUT2D eigenvalue weighted by molar-refractivity contribution is -0.134. The first-order valence-electron chi connectivity index (χ1n) is 6.16. The monoisotopic (exact) mass is 294 g/mol. The van der Waals surface area contributed by atoms with E-state index >= 15 is 0 Å². The number of thioether (sulfide) groups is 1. The molecule has 1 saturated heterocycles. The molecule has 1 aliphatic heterocycles. The molecule has 0 bridgehead atoms. The van der Waals surface area contributed by atoms with Crippen LogP contribution in [0.1, 0.15) is 19.8 Å². The molecule has 0 spiro atoms. The lowest BCUT2D eigenvalue weighted by Gasteiger charge is -2.29. The molecule has 7 heteroatoms. The third-order valence-electron chi connectivity index (χ3n) is 3.22. The van der Waals surface area contributed by atoms with Gasteiger partial charge in [0.25, 0.3) is 0 Å². The van der Waals surface area contributed by atoms with Crippen LogP contribution in [0.3, 0.4) is 0 Å². The van der Waals surface area contributed by atoms with Gasteiger partial charge in [-0.2, -0.15) is 11.8 Å². The van der Waals surface area contributed by atoms with Crippen LogP contribution < -0.4 is 5.73 Å². The Morgan fingerprint density at radius 3 is 2.67 bits per heavy atom. The quantitative estimate of drug-likeness (QED) is 0.751. The predicted molar refractivity (Wildman–Crippen MR) is 75.4 cm³/mol. The summed E-state index contributed by atoms with van der Waals surface area (Å²) in [5.41, 5.74) is 5.86. The summed E-state index contributed by atoms with van der Waals surface area (Å²) in [6, 6.07) is -0.700. The minimum Gasteiger partial charge on any atom is -0.338 e. The van der Waals surface area contributed by atoms with Crippen LogP contribution in [0.25, 0.3) is 0 Å². The zero-order chi connectivity index (χ0) is 13.8. The highest BCUT2D eigenvalue weighted by Gasteiger charge is 2.35. The Bertz CT molecular complexity index is 384. The molecular weight excluding hydrogens is 272 g/mol. The molecule has 0 aromatic carbocycles. The molecule has 2 atom stereocenters. The summed E-state index contributed by atoms with van der Waals surface area (Å²) in [6.07, 6.45) is 3.14. The molecule has 0 radical (unpaired) electrons. The van der Waals surface area contributed by atoms with Gasteiger partial charge in [0.1, 0.15) is 0 Å². The summed E-state index contributed by atoms with van der Waals surface area (Å²) in [7, 11) is -2.97. The molecule has 0 aromatic heterocycles. The van der Waals surface area contributed by atoms with Crippen molar-refractivity contribution >= 4 is 27.5 Å². The normalized spacial score (nSPS) is 23.8. The first-order valence-corrected chi connectivity index (χ1v) is 9.38. The lowest BCUT2D eigenvalue weighted by atomic mass is 10.1. The molecule has 0 saturated carbocycles. The van der Waals surface area contributed by atoms with Crippen molar-refractivity contribution < 1.29 is 13.2 Å². The number of hydrogen-bond donors (Lipinski definition) is 1. The van der Waals surface area contributed by atoms with Gasteiger partial charge in [-0.25, -0.2) is 8.42 Å². The van der Waals surface area contributed by atoms with Gasteiger partial charge < -0.3 is 10.6 Å². The van der Waals surface area contributed by atoms with Gasteiger partial charge in [-0.05, 0) is 31.8 Å². The van der Waals surface area contributed by atoms with Gasteiger partial charge >= 0.3 is 0 Å². The number of hydrogen-bond acceptors (Lipinski definition) is 5. The van der Waals surface area contributed by atoms with E-state index in [1.165, 1.54) is 0 Å². The fourth-order valence-electron chi connectivity index (χ4n) is 2.20. The van der Waals surface area contributed by atoms with E-state index in [1.54, 1.807) is 16.7 Å². The van der Waals surface area contributed by atoms with E-state index in [9.17, 15) is 13.2 Å². The molecule has 5 nitrogen and oxygen atoms in total. The predicted octanol–water partition coefficient (Wildman–Crippen LogP) is 0.102. The number of sulfone groups is 1. The summed E-state index contributed by atoms with van der Waals surface area (Å²) in [6.45, 7) is 2.39. The molecule has 2 N–H and O–H groups in total. The fourth-order valence-corrected chi connectivity index (χ4v) is 4.42. The van der Waals surface area contributed by atoms with Crippen LogP contribution in [0.4, 0.5) is 0 Å². The van der Waals surface area contributed by atoms with Crippen LogP contribution >= 0.6 is 11.8 Å². The lowest BCUT2D eigenvalue weighted by Crippen LogP contribution is -2.49. The summed E-state index contributed by atoms with van der Waals surface area (Å²) in [4.78, 5) is 13.8. The van der Waals surface area contributed by atoms with E-state index < -0.39 is 15.9 Å². The maximum Gasteiger partial charge on any atom is 0.239 e. The van der Waals surface area contributed by atoms with E-state index in [-0.39, 0.29) is 23.5 Å². The van der Waals surface area contributed by atoms with E-state index in [4.69, 9.17) is 5.73 Å². The molecule has 0 aliphatic carbocycles. The first-order chi connectivity index (χ1) is 8.41. The van der Waals surface area contributed by atoms with Crippen molar-refractivity contribution in [2.45, 2.75) is 31.8 Å². The SMILES string of the molecule is CCN(C(=O)[C@@H](N)CCSC)C1CCS(=O)(=O)C1. The molecule has 18 heavy (non-hydrogen) atoms. The average Bonchev–Trinajstić information content (AvgIpc) is 2.67. The zero-order valence-electron chi connectivity index (χ0n) is 11.0. The topological polar surface area (TPSA) is 80.5 Å². The van der Waals surface area contributed by atoms with Gasteiger partial charge in [0.2, 0.25) is 5.91 Å². The van der Waals surface area contributed by atoms with Crippen molar-refractivity contribution in [1.82, 2.24) is 4.90 Å². The van der Waals surface area contributed by atoms with E-state index in [2.05, 4.69) is 0 Å². The Morgan fingerprint density at radius 2 is 2.22 bits per heavy atom. The third-order valence-corrected chi connectivity index (χ3v) is 5.62. The summed E-state index contributed by atoms with van der Waals surface area (Å²) < 4.78 is 22.9. The smallest absolute Gasteiger partial charge is 0.239 e. The van der Waals surface area contributed by atoms with Crippen molar-refractivity contribution in [3.8, 4) is 0 Å². The Hall–Kier alpha value is -0.270. The number of amides is 1. The number of carbonyl (C=O) groups is 1. The standard InChI is InChI=1S/C11H22N2O3S2/c1-3-13(9-5-7-18(15,16)8-9)11(14)10(12)4-6-17-2/h9-10H,3-8,12H2,1-2H3/t9?,10-/m0/s1. The van der Waals surface area contributed by atoms with Gasteiger partial charge in [-0.3, -0.25) is 4.79 Å². The van der Waals surface area contributed by atoms with Gasteiger partial charge in [0, 0.05) is 12.6 Å². The average molecular weight is 294 g/mol. The van der Waals surface area contributed by atoms with Gasteiger partial charge in [-0.1, -0.05) is 0 Å². The van der Waals surface area contributed by atoms with E-state index in [0.29, 0.717) is 19.4 Å². The Balaban J connectivity index is 2.63. The Morgan fingerprint density at radius 1 is 1.56 bits per heavy atom. The van der Waals surface area contributed by atoms with Crippen molar-refractivity contribution in [2.75, 3.05) is 30.1 Å². The second-order valence-corrected chi connectivity index (χ2v) is 7.78. The fraction of sp³-hybridized carbons (Fsp3) is 0.909. The summed E-state index contributed by atoms with van der Waals surface area (Å²) >= 11 is 1.65.